The van der Waals surface area contributed by atoms with Gasteiger partial charge in [0.25, 0.3) is 5.56 Å². The van der Waals surface area contributed by atoms with Crippen molar-refractivity contribution in [2.45, 2.75) is 85.0 Å². The standard InChI is InChI=1S/C28H36N6O2/c1-18(2)26(27-30-31-32-34(27)23-9-6-5-7-10-23)33(17-24-11-8-14-36-24)16-22-15-21-13-12-19(3)20(4)25(21)29-28(22)35/h8,11-15,18,23,26H,5-7,9-10,16-17H2,1-4H3,(H,29,35). The Labute approximate surface area is 211 Å². The smallest absolute Gasteiger partial charge is 0.252 e. The van der Waals surface area contributed by atoms with Crippen molar-refractivity contribution in [1.29, 1.82) is 0 Å². The maximum atomic E-state index is 13.3. The van der Waals surface area contributed by atoms with Crippen molar-refractivity contribution in [3.05, 3.63) is 75.2 Å². The van der Waals surface area contributed by atoms with Gasteiger partial charge in [-0.25, -0.2) is 4.68 Å². The average molecular weight is 489 g/mol. The van der Waals surface area contributed by atoms with Gasteiger partial charge in [0, 0.05) is 12.1 Å². The number of pyridine rings is 1. The topological polar surface area (TPSA) is 92.8 Å². The van der Waals surface area contributed by atoms with Crippen molar-refractivity contribution >= 4 is 10.9 Å². The van der Waals surface area contributed by atoms with E-state index in [4.69, 9.17) is 4.42 Å². The monoisotopic (exact) mass is 488 g/mol. The molecule has 8 heteroatoms. The molecule has 0 spiro atoms. The molecule has 36 heavy (non-hydrogen) atoms. The SMILES string of the molecule is Cc1ccc2cc(CN(Cc3ccco3)C(c3nnnn3C3CCCCC3)C(C)C)c(=O)[nH]c2c1C. The number of benzene rings is 1. The molecule has 1 aromatic carbocycles. The third-order valence-electron chi connectivity index (χ3n) is 7.67. The van der Waals surface area contributed by atoms with Crippen LogP contribution >= 0.6 is 0 Å². The van der Waals surface area contributed by atoms with Gasteiger partial charge in [-0.2, -0.15) is 0 Å². The Morgan fingerprint density at radius 3 is 2.67 bits per heavy atom. The van der Waals surface area contributed by atoms with Crippen molar-refractivity contribution in [1.82, 2.24) is 30.1 Å². The van der Waals surface area contributed by atoms with Crippen LogP contribution in [0, 0.1) is 19.8 Å². The van der Waals surface area contributed by atoms with Gasteiger partial charge in [-0.15, -0.1) is 5.10 Å². The van der Waals surface area contributed by atoms with Crippen LogP contribution in [-0.2, 0) is 13.1 Å². The minimum atomic E-state index is -0.0816. The zero-order chi connectivity index (χ0) is 25.2. The molecule has 1 fully saturated rings. The summed E-state index contributed by atoms with van der Waals surface area (Å²) in [7, 11) is 0. The minimum absolute atomic E-state index is 0.0602. The molecule has 0 bridgehead atoms. The molecule has 5 rings (SSSR count). The van der Waals surface area contributed by atoms with Crippen molar-refractivity contribution in [2.24, 2.45) is 5.92 Å². The second kappa shape index (κ2) is 10.4. The molecule has 190 valence electrons. The van der Waals surface area contributed by atoms with Gasteiger partial charge in [-0.3, -0.25) is 9.69 Å². The molecule has 1 unspecified atom stereocenters. The third-order valence-corrected chi connectivity index (χ3v) is 7.67. The van der Waals surface area contributed by atoms with E-state index in [2.05, 4.69) is 69.9 Å². The zero-order valence-corrected chi connectivity index (χ0v) is 21.7. The Kier molecular flexibility index (Phi) is 7.05. The van der Waals surface area contributed by atoms with E-state index < -0.39 is 0 Å². The molecule has 0 radical (unpaired) electrons. The molecule has 1 saturated carbocycles. The van der Waals surface area contributed by atoms with Crippen LogP contribution in [0.4, 0.5) is 0 Å². The second-order valence-electron chi connectivity index (χ2n) is 10.5. The summed E-state index contributed by atoms with van der Waals surface area (Å²) < 4.78 is 7.79. The minimum Gasteiger partial charge on any atom is -0.468 e. The molecule has 8 nitrogen and oxygen atoms in total. The highest BCUT2D eigenvalue weighted by Gasteiger charge is 2.32. The number of nitrogens with zero attached hydrogens (tertiary/aromatic N) is 5. The lowest BCUT2D eigenvalue weighted by molar-refractivity contribution is 0.112. The van der Waals surface area contributed by atoms with Crippen molar-refractivity contribution in [3.63, 3.8) is 0 Å². The molecule has 0 amide bonds. The number of fused-ring (bicyclic) bond motifs is 1. The number of aromatic nitrogens is 5. The fourth-order valence-corrected chi connectivity index (χ4v) is 5.63. The largest absolute Gasteiger partial charge is 0.468 e. The Morgan fingerprint density at radius 2 is 1.94 bits per heavy atom. The molecule has 1 aliphatic rings. The number of hydrogen-bond donors (Lipinski definition) is 1. The first-order valence-corrected chi connectivity index (χ1v) is 13.1. The van der Waals surface area contributed by atoms with E-state index in [1.54, 1.807) is 6.26 Å². The van der Waals surface area contributed by atoms with Crippen LogP contribution in [0.3, 0.4) is 0 Å². The summed E-state index contributed by atoms with van der Waals surface area (Å²) in [5, 5.41) is 14.1. The Morgan fingerprint density at radius 1 is 1.14 bits per heavy atom. The van der Waals surface area contributed by atoms with Crippen molar-refractivity contribution < 1.29 is 4.42 Å². The van der Waals surface area contributed by atoms with Gasteiger partial charge in [-0.05, 0) is 77.7 Å². The zero-order valence-electron chi connectivity index (χ0n) is 21.7. The normalized spacial score (nSPS) is 15.8. The number of nitrogens with one attached hydrogen (secondary N) is 1. The van der Waals surface area contributed by atoms with E-state index in [1.165, 1.54) is 24.8 Å². The summed E-state index contributed by atoms with van der Waals surface area (Å²) in [6.45, 7) is 9.51. The quantitative estimate of drug-likeness (QED) is 0.346. The second-order valence-corrected chi connectivity index (χ2v) is 10.5. The lowest BCUT2D eigenvalue weighted by Gasteiger charge is -2.34. The molecule has 0 aliphatic heterocycles. The summed E-state index contributed by atoms with van der Waals surface area (Å²) >= 11 is 0. The number of furan rings is 1. The number of tetrazole rings is 1. The van der Waals surface area contributed by atoms with Crippen molar-refractivity contribution in [2.75, 3.05) is 0 Å². The first kappa shape index (κ1) is 24.4. The molecule has 3 heterocycles. The van der Waals surface area contributed by atoms with Gasteiger partial charge < -0.3 is 9.40 Å². The summed E-state index contributed by atoms with van der Waals surface area (Å²) in [6, 6.07) is 10.3. The van der Waals surface area contributed by atoms with E-state index in [0.717, 1.165) is 46.5 Å². The average Bonchev–Trinajstić information content (AvgIpc) is 3.56. The van der Waals surface area contributed by atoms with Gasteiger partial charge in [-0.1, -0.05) is 45.2 Å². The highest BCUT2D eigenvalue weighted by atomic mass is 16.3. The summed E-state index contributed by atoms with van der Waals surface area (Å²) in [5.74, 6) is 1.94. The fourth-order valence-electron chi connectivity index (χ4n) is 5.63. The molecule has 1 N–H and O–H groups in total. The van der Waals surface area contributed by atoms with E-state index in [1.807, 2.05) is 18.2 Å². The summed E-state index contributed by atoms with van der Waals surface area (Å²) in [5.41, 5.74) is 3.84. The highest BCUT2D eigenvalue weighted by Crippen LogP contribution is 2.34. The van der Waals surface area contributed by atoms with Crippen LogP contribution < -0.4 is 5.56 Å². The van der Waals surface area contributed by atoms with Gasteiger partial charge in [0.15, 0.2) is 5.82 Å². The Bertz CT molecular complexity index is 1360. The van der Waals surface area contributed by atoms with Gasteiger partial charge in [0.05, 0.1) is 30.4 Å². The Hall–Kier alpha value is -3.26. The van der Waals surface area contributed by atoms with Crippen LogP contribution in [0.5, 0.6) is 0 Å². The van der Waals surface area contributed by atoms with Crippen LogP contribution in [0.25, 0.3) is 10.9 Å². The Balaban J connectivity index is 1.55. The first-order valence-electron chi connectivity index (χ1n) is 13.1. The molecule has 1 atom stereocenters. The van der Waals surface area contributed by atoms with Crippen LogP contribution in [-0.4, -0.2) is 30.1 Å². The van der Waals surface area contributed by atoms with E-state index in [9.17, 15) is 4.79 Å². The number of rotatable bonds is 8. The van der Waals surface area contributed by atoms with E-state index >= 15 is 0 Å². The predicted octanol–water partition coefficient (Wildman–Crippen LogP) is 5.63. The molecule has 1 aliphatic carbocycles. The molecular weight excluding hydrogens is 452 g/mol. The summed E-state index contributed by atoms with van der Waals surface area (Å²) in [4.78, 5) is 18.7. The van der Waals surface area contributed by atoms with E-state index in [-0.39, 0.29) is 17.5 Å². The number of aromatic amines is 1. The number of H-pyrrole nitrogens is 1. The molecule has 4 aromatic rings. The maximum Gasteiger partial charge on any atom is 0.252 e. The molecule has 0 saturated heterocycles. The van der Waals surface area contributed by atoms with E-state index in [0.29, 0.717) is 19.1 Å². The van der Waals surface area contributed by atoms with Crippen molar-refractivity contribution in [3.8, 4) is 0 Å². The van der Waals surface area contributed by atoms with Crippen LogP contribution in [0.15, 0.2) is 45.8 Å². The predicted molar refractivity (Wildman–Crippen MR) is 140 cm³/mol. The van der Waals surface area contributed by atoms with Gasteiger partial charge in [0.1, 0.15) is 5.76 Å². The van der Waals surface area contributed by atoms with Crippen LogP contribution in [0.1, 0.15) is 86.3 Å². The highest BCUT2D eigenvalue weighted by molar-refractivity contribution is 5.83. The fraction of sp³-hybridized carbons (Fsp3) is 0.500. The maximum absolute atomic E-state index is 13.3. The van der Waals surface area contributed by atoms with Gasteiger partial charge >= 0.3 is 0 Å². The third kappa shape index (κ3) is 4.87. The molecule has 3 aromatic heterocycles. The number of hydrogen-bond acceptors (Lipinski definition) is 6. The first-order chi connectivity index (χ1) is 17.4. The van der Waals surface area contributed by atoms with Crippen LogP contribution in [0.2, 0.25) is 0 Å². The lowest BCUT2D eigenvalue weighted by Crippen LogP contribution is -2.36. The molecular formula is C28H36N6O2. The lowest BCUT2D eigenvalue weighted by atomic mass is 9.94. The number of aryl methyl sites for hydroxylation is 2. The van der Waals surface area contributed by atoms with Gasteiger partial charge in [0.2, 0.25) is 0 Å². The summed E-state index contributed by atoms with van der Waals surface area (Å²) in [6.07, 6.45) is 7.58.